The Labute approximate surface area is 130 Å². The topological polar surface area (TPSA) is 44.8 Å². The molecule has 1 aromatic carbocycles. The molecule has 0 aromatic heterocycles. The summed E-state index contributed by atoms with van der Waals surface area (Å²) in [6, 6.07) is 5.74. The van der Waals surface area contributed by atoms with Crippen LogP contribution in [0.5, 0.6) is 11.5 Å². The zero-order valence-electron chi connectivity index (χ0n) is 13.1. The number of benzene rings is 1. The summed E-state index contributed by atoms with van der Waals surface area (Å²) in [4.78, 5) is 11.7. The van der Waals surface area contributed by atoms with Gasteiger partial charge in [-0.15, -0.1) is 0 Å². The van der Waals surface area contributed by atoms with Crippen molar-refractivity contribution in [1.29, 1.82) is 0 Å². The van der Waals surface area contributed by atoms with Crippen molar-refractivity contribution < 1.29 is 19.0 Å². The van der Waals surface area contributed by atoms with Crippen LogP contribution in [-0.2, 0) is 9.53 Å². The summed E-state index contributed by atoms with van der Waals surface area (Å²) in [7, 11) is 3.26. The molecular weight excluding hydrogens is 280 g/mol. The standard InChI is InChI=1S/C18H20O4/c1-18-5-4-14(19)9-17(18)13(11-22-18)6-12-7-15(20-2)10-16(8-12)21-3/h4-8,10,17H,9,11H2,1-3H3/b13-6-/t17-,18-/m1/s1. The lowest BCUT2D eigenvalue weighted by molar-refractivity contribution is -0.117. The molecule has 22 heavy (non-hydrogen) atoms. The van der Waals surface area contributed by atoms with E-state index in [1.54, 1.807) is 20.3 Å². The van der Waals surface area contributed by atoms with Gasteiger partial charge in [0.15, 0.2) is 5.78 Å². The fourth-order valence-corrected chi connectivity index (χ4v) is 3.10. The molecule has 1 aromatic rings. The molecule has 1 aliphatic heterocycles. The van der Waals surface area contributed by atoms with E-state index >= 15 is 0 Å². The zero-order chi connectivity index (χ0) is 15.7. The molecular formula is C18H20O4. The fourth-order valence-electron chi connectivity index (χ4n) is 3.10. The number of fused-ring (bicyclic) bond motifs is 1. The highest BCUT2D eigenvalue weighted by Crippen LogP contribution is 2.42. The maximum absolute atomic E-state index is 11.7. The number of rotatable bonds is 3. The molecule has 0 unspecified atom stereocenters. The van der Waals surface area contributed by atoms with Gasteiger partial charge in [-0.25, -0.2) is 0 Å². The van der Waals surface area contributed by atoms with Gasteiger partial charge in [0.05, 0.1) is 26.4 Å². The first kappa shape index (κ1) is 14.9. The summed E-state index contributed by atoms with van der Waals surface area (Å²) >= 11 is 0. The Morgan fingerprint density at radius 1 is 1.23 bits per heavy atom. The molecule has 0 amide bonds. The van der Waals surface area contributed by atoms with E-state index in [-0.39, 0.29) is 17.3 Å². The molecule has 3 rings (SSSR count). The van der Waals surface area contributed by atoms with Crippen LogP contribution < -0.4 is 9.47 Å². The number of allylic oxidation sites excluding steroid dienone is 1. The molecule has 0 radical (unpaired) electrons. The number of ether oxygens (including phenoxy) is 3. The molecule has 0 saturated carbocycles. The normalized spacial score (nSPS) is 28.8. The van der Waals surface area contributed by atoms with Crippen LogP contribution >= 0.6 is 0 Å². The molecule has 1 aliphatic carbocycles. The van der Waals surface area contributed by atoms with E-state index in [2.05, 4.69) is 6.08 Å². The zero-order valence-corrected chi connectivity index (χ0v) is 13.1. The van der Waals surface area contributed by atoms with Crippen molar-refractivity contribution in [2.24, 2.45) is 5.92 Å². The van der Waals surface area contributed by atoms with Crippen molar-refractivity contribution in [2.45, 2.75) is 18.9 Å². The van der Waals surface area contributed by atoms with Crippen LogP contribution in [0.4, 0.5) is 0 Å². The number of hydrogen-bond donors (Lipinski definition) is 0. The fraction of sp³-hybridized carbons (Fsp3) is 0.389. The van der Waals surface area contributed by atoms with Crippen LogP contribution in [0.15, 0.2) is 35.9 Å². The van der Waals surface area contributed by atoms with Crippen LogP contribution in [0, 0.1) is 5.92 Å². The minimum atomic E-state index is -0.372. The number of carbonyl (C=O) groups is 1. The molecule has 0 bridgehead atoms. The van der Waals surface area contributed by atoms with Crippen LogP contribution in [0.3, 0.4) is 0 Å². The monoisotopic (exact) mass is 300 g/mol. The summed E-state index contributed by atoms with van der Waals surface area (Å²) in [5.41, 5.74) is 1.75. The van der Waals surface area contributed by atoms with E-state index < -0.39 is 0 Å². The van der Waals surface area contributed by atoms with Crippen molar-refractivity contribution in [3.8, 4) is 11.5 Å². The van der Waals surface area contributed by atoms with Crippen molar-refractivity contribution >= 4 is 11.9 Å². The Kier molecular flexibility index (Phi) is 3.79. The lowest BCUT2D eigenvalue weighted by Crippen LogP contribution is -2.34. The smallest absolute Gasteiger partial charge is 0.156 e. The van der Waals surface area contributed by atoms with Gasteiger partial charge in [-0.3, -0.25) is 4.79 Å². The maximum atomic E-state index is 11.7. The number of hydrogen-bond acceptors (Lipinski definition) is 4. The summed E-state index contributed by atoms with van der Waals surface area (Å²) in [5.74, 6) is 1.74. The second-order valence-electron chi connectivity index (χ2n) is 5.89. The predicted octanol–water partition coefficient (Wildman–Crippen LogP) is 3.02. The van der Waals surface area contributed by atoms with Crippen molar-refractivity contribution in [3.05, 3.63) is 41.5 Å². The molecule has 1 heterocycles. The van der Waals surface area contributed by atoms with E-state index in [0.717, 1.165) is 22.6 Å². The Hall–Kier alpha value is -2.07. The first-order valence-corrected chi connectivity index (χ1v) is 7.33. The average molecular weight is 300 g/mol. The van der Waals surface area contributed by atoms with Gasteiger partial charge >= 0.3 is 0 Å². The molecule has 4 heteroatoms. The number of carbonyl (C=O) groups excluding carboxylic acids is 1. The van der Waals surface area contributed by atoms with E-state index in [1.807, 2.05) is 31.2 Å². The molecule has 0 N–H and O–H groups in total. The molecule has 0 spiro atoms. The Morgan fingerprint density at radius 3 is 2.55 bits per heavy atom. The summed E-state index contributed by atoms with van der Waals surface area (Å²) < 4.78 is 16.5. The van der Waals surface area contributed by atoms with Crippen molar-refractivity contribution in [3.63, 3.8) is 0 Å². The van der Waals surface area contributed by atoms with E-state index in [9.17, 15) is 4.79 Å². The lowest BCUT2D eigenvalue weighted by atomic mass is 9.78. The van der Waals surface area contributed by atoms with Gasteiger partial charge in [0.1, 0.15) is 11.5 Å². The van der Waals surface area contributed by atoms with Gasteiger partial charge in [-0.1, -0.05) is 6.08 Å². The summed E-state index contributed by atoms with van der Waals surface area (Å²) in [6.07, 6.45) is 6.10. The predicted molar refractivity (Wildman–Crippen MR) is 84.1 cm³/mol. The van der Waals surface area contributed by atoms with Gasteiger partial charge in [0.2, 0.25) is 0 Å². The first-order valence-electron chi connectivity index (χ1n) is 7.33. The van der Waals surface area contributed by atoms with Gasteiger partial charge in [0, 0.05) is 18.4 Å². The molecule has 116 valence electrons. The third-order valence-electron chi connectivity index (χ3n) is 4.42. The SMILES string of the molecule is COc1cc(/C=C2/CO[C@]3(C)C=CC(=O)C[C@H]23)cc(OC)c1. The number of methoxy groups -OCH3 is 2. The second kappa shape index (κ2) is 5.61. The van der Waals surface area contributed by atoms with Crippen LogP contribution in [0.1, 0.15) is 18.9 Å². The Balaban J connectivity index is 1.96. The van der Waals surface area contributed by atoms with E-state index in [0.29, 0.717) is 13.0 Å². The second-order valence-corrected chi connectivity index (χ2v) is 5.89. The van der Waals surface area contributed by atoms with E-state index in [1.165, 1.54) is 0 Å². The van der Waals surface area contributed by atoms with Crippen LogP contribution in [0.25, 0.3) is 6.08 Å². The summed E-state index contributed by atoms with van der Waals surface area (Å²) in [6.45, 7) is 2.58. The summed E-state index contributed by atoms with van der Waals surface area (Å²) in [5, 5.41) is 0. The molecule has 1 saturated heterocycles. The minimum absolute atomic E-state index is 0.0993. The highest BCUT2D eigenvalue weighted by Gasteiger charge is 2.44. The molecule has 1 fully saturated rings. The van der Waals surface area contributed by atoms with Crippen LogP contribution in [-0.4, -0.2) is 32.2 Å². The Morgan fingerprint density at radius 2 is 1.91 bits per heavy atom. The average Bonchev–Trinajstić information content (AvgIpc) is 2.84. The third-order valence-corrected chi connectivity index (χ3v) is 4.42. The molecule has 4 nitrogen and oxygen atoms in total. The van der Waals surface area contributed by atoms with Crippen molar-refractivity contribution in [2.75, 3.05) is 20.8 Å². The van der Waals surface area contributed by atoms with Gasteiger partial charge in [-0.05, 0) is 42.3 Å². The van der Waals surface area contributed by atoms with Crippen LogP contribution in [0.2, 0.25) is 0 Å². The highest BCUT2D eigenvalue weighted by atomic mass is 16.5. The molecule has 2 atom stereocenters. The number of ketones is 1. The van der Waals surface area contributed by atoms with E-state index in [4.69, 9.17) is 14.2 Å². The van der Waals surface area contributed by atoms with Crippen molar-refractivity contribution in [1.82, 2.24) is 0 Å². The lowest BCUT2D eigenvalue weighted by Gasteiger charge is -2.29. The third kappa shape index (κ3) is 2.66. The van der Waals surface area contributed by atoms with Gasteiger partial charge in [-0.2, -0.15) is 0 Å². The largest absolute Gasteiger partial charge is 0.497 e. The molecule has 2 aliphatic rings. The quantitative estimate of drug-likeness (QED) is 0.861. The van der Waals surface area contributed by atoms with Gasteiger partial charge < -0.3 is 14.2 Å². The van der Waals surface area contributed by atoms with Gasteiger partial charge in [0.25, 0.3) is 0 Å². The minimum Gasteiger partial charge on any atom is -0.497 e. The first-order chi connectivity index (χ1) is 10.5. The Bertz CT molecular complexity index is 637. The highest BCUT2D eigenvalue weighted by molar-refractivity contribution is 5.91. The maximum Gasteiger partial charge on any atom is 0.156 e.